The second-order valence-electron chi connectivity index (χ2n) is 7.78. The highest BCUT2D eigenvalue weighted by Gasteiger charge is 2.14. The van der Waals surface area contributed by atoms with Crippen molar-refractivity contribution in [1.82, 2.24) is 10.7 Å². The fraction of sp³-hybridized carbons (Fsp3) is 0.138. The Morgan fingerprint density at radius 1 is 0.833 bits per heavy atom. The van der Waals surface area contributed by atoms with E-state index in [1.807, 2.05) is 66.7 Å². The minimum absolute atomic E-state index is 0.0831. The quantitative estimate of drug-likeness (QED) is 0.191. The van der Waals surface area contributed by atoms with Gasteiger partial charge in [0.1, 0.15) is 5.70 Å². The zero-order chi connectivity index (χ0) is 25.8. The lowest BCUT2D eigenvalue weighted by Crippen LogP contribution is -2.32. The first-order valence-corrected chi connectivity index (χ1v) is 12.5. The van der Waals surface area contributed by atoms with Crippen molar-refractivity contribution in [2.24, 2.45) is 5.10 Å². The summed E-state index contributed by atoms with van der Waals surface area (Å²) in [6.07, 6.45) is 4.99. The zero-order valence-corrected chi connectivity index (χ0v) is 21.9. The van der Waals surface area contributed by atoms with E-state index in [-0.39, 0.29) is 11.6 Å². The second-order valence-corrected chi connectivity index (χ2v) is 8.70. The summed E-state index contributed by atoms with van der Waals surface area (Å²) in [4.78, 5) is 28.0. The van der Waals surface area contributed by atoms with Crippen LogP contribution in [0.25, 0.3) is 12.2 Å². The minimum Gasteiger partial charge on any atom is -0.372 e. The van der Waals surface area contributed by atoms with Gasteiger partial charge in [0, 0.05) is 28.8 Å². The van der Waals surface area contributed by atoms with Gasteiger partial charge in [-0.2, -0.15) is 5.10 Å². The molecule has 0 aliphatic carbocycles. The lowest BCUT2D eigenvalue weighted by Gasteiger charge is -2.20. The molecule has 0 bridgehead atoms. The first-order chi connectivity index (χ1) is 17.5. The fourth-order valence-corrected chi connectivity index (χ4v) is 3.80. The normalized spacial score (nSPS) is 11.9. The maximum Gasteiger partial charge on any atom is 0.287 e. The maximum absolute atomic E-state index is 13.0. The fourth-order valence-electron chi connectivity index (χ4n) is 3.44. The van der Waals surface area contributed by atoms with Crippen molar-refractivity contribution in [2.45, 2.75) is 13.8 Å². The highest BCUT2D eigenvalue weighted by Crippen LogP contribution is 2.17. The minimum atomic E-state index is -0.539. The van der Waals surface area contributed by atoms with Crippen LogP contribution in [0.3, 0.4) is 0 Å². The molecule has 0 spiro atoms. The summed E-state index contributed by atoms with van der Waals surface area (Å²) in [5.74, 6) is -0.922. The molecular formula is C29H29BrN4O2. The van der Waals surface area contributed by atoms with Crippen molar-refractivity contribution in [3.63, 3.8) is 0 Å². The highest BCUT2D eigenvalue weighted by molar-refractivity contribution is 9.12. The Hall–Kier alpha value is -3.97. The van der Waals surface area contributed by atoms with Gasteiger partial charge >= 0.3 is 0 Å². The predicted octanol–water partition coefficient (Wildman–Crippen LogP) is 5.84. The van der Waals surface area contributed by atoms with E-state index in [1.54, 1.807) is 30.3 Å². The molecule has 3 rings (SSSR count). The Bertz CT molecular complexity index is 1230. The molecule has 7 heteroatoms. The third-order valence-electron chi connectivity index (χ3n) is 5.32. The summed E-state index contributed by atoms with van der Waals surface area (Å²) in [5.41, 5.74) is 5.89. The van der Waals surface area contributed by atoms with Crippen LogP contribution >= 0.6 is 15.9 Å². The molecule has 0 radical (unpaired) electrons. The van der Waals surface area contributed by atoms with E-state index in [4.69, 9.17) is 0 Å². The number of carbonyl (C=O) groups excluding carboxylic acids is 2. The van der Waals surface area contributed by atoms with E-state index >= 15 is 0 Å². The number of halogens is 1. The summed E-state index contributed by atoms with van der Waals surface area (Å²) in [6.45, 7) is 6.01. The summed E-state index contributed by atoms with van der Waals surface area (Å²) in [6, 6.07) is 26.3. The van der Waals surface area contributed by atoms with Gasteiger partial charge in [0.05, 0.1) is 6.21 Å². The predicted molar refractivity (Wildman–Crippen MR) is 152 cm³/mol. The molecule has 6 nitrogen and oxygen atoms in total. The molecule has 0 aliphatic rings. The number of amides is 2. The molecule has 2 amide bonds. The van der Waals surface area contributed by atoms with Crippen molar-refractivity contribution >= 4 is 51.8 Å². The SMILES string of the molecule is CCN(CC)c1ccc(/C=C(/NC(=O)c2ccccc2)C(=O)NN=C/C(Br)=C/c2ccccc2)cc1. The van der Waals surface area contributed by atoms with Crippen molar-refractivity contribution in [3.8, 4) is 0 Å². The molecule has 184 valence electrons. The largest absolute Gasteiger partial charge is 0.372 e. The molecule has 0 fully saturated rings. The first-order valence-electron chi connectivity index (χ1n) is 11.7. The monoisotopic (exact) mass is 544 g/mol. The number of allylic oxidation sites excluding steroid dienone is 1. The standard InChI is InChI=1S/C29H29BrN4O2/c1-3-34(4-2)26-17-15-23(16-18-26)20-27(32-28(35)24-13-9-6-10-14-24)29(36)33-31-21-25(30)19-22-11-7-5-8-12-22/h5-21H,3-4H2,1-2H3,(H,32,35)(H,33,36)/b25-19-,27-20+,31-21?. The van der Waals surface area contributed by atoms with Gasteiger partial charge in [-0.25, -0.2) is 5.43 Å². The van der Waals surface area contributed by atoms with Crippen LogP contribution in [-0.2, 0) is 4.79 Å². The number of anilines is 1. The van der Waals surface area contributed by atoms with E-state index in [0.717, 1.165) is 29.9 Å². The van der Waals surface area contributed by atoms with Gasteiger partial charge in [-0.15, -0.1) is 0 Å². The van der Waals surface area contributed by atoms with Gasteiger partial charge in [0.2, 0.25) is 0 Å². The van der Waals surface area contributed by atoms with Gasteiger partial charge in [-0.05, 0) is 77.3 Å². The Balaban J connectivity index is 1.79. The lowest BCUT2D eigenvalue weighted by molar-refractivity contribution is -0.117. The van der Waals surface area contributed by atoms with Crippen molar-refractivity contribution < 1.29 is 9.59 Å². The third kappa shape index (κ3) is 8.06. The third-order valence-corrected chi connectivity index (χ3v) is 5.75. The van der Waals surface area contributed by atoms with Gasteiger partial charge in [0.15, 0.2) is 0 Å². The number of hydrogen-bond acceptors (Lipinski definition) is 4. The highest BCUT2D eigenvalue weighted by atomic mass is 79.9. The van der Waals surface area contributed by atoms with Gasteiger partial charge in [-0.3, -0.25) is 9.59 Å². The molecule has 3 aromatic rings. The molecule has 0 aliphatic heterocycles. The molecule has 36 heavy (non-hydrogen) atoms. The number of nitrogens with one attached hydrogen (secondary N) is 2. The summed E-state index contributed by atoms with van der Waals surface area (Å²) in [7, 11) is 0. The van der Waals surface area contributed by atoms with Crippen molar-refractivity contribution in [1.29, 1.82) is 0 Å². The summed E-state index contributed by atoms with van der Waals surface area (Å²) < 4.78 is 0.680. The molecule has 0 heterocycles. The number of carbonyl (C=O) groups is 2. The molecule has 0 saturated carbocycles. The van der Waals surface area contributed by atoms with E-state index in [9.17, 15) is 9.59 Å². The average molecular weight is 545 g/mol. The second kappa shape index (κ2) is 13.8. The summed E-state index contributed by atoms with van der Waals surface area (Å²) in [5, 5.41) is 6.75. The van der Waals surface area contributed by atoms with Crippen LogP contribution in [0.4, 0.5) is 5.69 Å². The number of hydrogen-bond donors (Lipinski definition) is 2. The van der Waals surface area contributed by atoms with Crippen LogP contribution in [0.1, 0.15) is 35.3 Å². The van der Waals surface area contributed by atoms with Crippen molar-refractivity contribution in [3.05, 3.63) is 112 Å². The summed E-state index contributed by atoms with van der Waals surface area (Å²) >= 11 is 3.43. The first kappa shape index (κ1) is 26.6. The molecule has 2 N–H and O–H groups in total. The van der Waals surface area contributed by atoms with Gasteiger partial charge in [0.25, 0.3) is 11.8 Å². The van der Waals surface area contributed by atoms with Crippen LogP contribution in [0, 0.1) is 0 Å². The molecule has 0 aromatic heterocycles. The van der Waals surface area contributed by atoms with Crippen LogP contribution in [0.15, 0.2) is 100 Å². The molecule has 0 saturated heterocycles. The molecule has 0 atom stereocenters. The topological polar surface area (TPSA) is 73.8 Å². The van der Waals surface area contributed by atoms with Gasteiger partial charge in [-0.1, -0.05) is 60.7 Å². The molecule has 3 aromatic carbocycles. The van der Waals surface area contributed by atoms with E-state index in [1.165, 1.54) is 6.21 Å². The smallest absolute Gasteiger partial charge is 0.287 e. The zero-order valence-electron chi connectivity index (χ0n) is 20.3. The van der Waals surface area contributed by atoms with Gasteiger partial charge < -0.3 is 10.2 Å². The Morgan fingerprint density at radius 2 is 1.42 bits per heavy atom. The lowest BCUT2D eigenvalue weighted by atomic mass is 10.1. The van der Waals surface area contributed by atoms with Crippen LogP contribution in [0.2, 0.25) is 0 Å². The van der Waals surface area contributed by atoms with Crippen LogP contribution in [0.5, 0.6) is 0 Å². The number of benzene rings is 3. The van der Waals surface area contributed by atoms with E-state index < -0.39 is 5.91 Å². The Kier molecular flexibility index (Phi) is 10.2. The molecule has 0 unspecified atom stereocenters. The van der Waals surface area contributed by atoms with E-state index in [0.29, 0.717) is 10.0 Å². The number of hydrazone groups is 1. The average Bonchev–Trinajstić information content (AvgIpc) is 2.91. The van der Waals surface area contributed by atoms with Crippen molar-refractivity contribution in [2.75, 3.05) is 18.0 Å². The van der Waals surface area contributed by atoms with E-state index in [2.05, 4.69) is 50.5 Å². The number of rotatable bonds is 10. The number of nitrogens with zero attached hydrogens (tertiary/aromatic N) is 2. The Labute approximate surface area is 220 Å². The van der Waals surface area contributed by atoms with Crippen LogP contribution in [-0.4, -0.2) is 31.1 Å². The Morgan fingerprint density at radius 3 is 2.03 bits per heavy atom. The van der Waals surface area contributed by atoms with Crippen LogP contribution < -0.4 is 15.6 Å². The molecular weight excluding hydrogens is 516 g/mol. The maximum atomic E-state index is 13.0.